The van der Waals surface area contributed by atoms with Gasteiger partial charge in [-0.25, -0.2) is 10.2 Å². The summed E-state index contributed by atoms with van der Waals surface area (Å²) in [6.07, 6.45) is 1.48. The Kier molecular flexibility index (Phi) is 6.97. The second-order valence-electron chi connectivity index (χ2n) is 7.00. The fourth-order valence-corrected chi connectivity index (χ4v) is 3.30. The Labute approximate surface area is 195 Å². The van der Waals surface area contributed by atoms with Crippen LogP contribution >= 0.6 is 11.6 Å². The van der Waals surface area contributed by atoms with E-state index in [2.05, 4.69) is 10.5 Å². The SMILES string of the molecule is O=C(COc1cccc2ccccc12)N/N=C/c1ccc(OC(=O)c2ccccc2Cl)cc1. The second kappa shape index (κ2) is 10.4. The zero-order valence-corrected chi connectivity index (χ0v) is 18.2. The summed E-state index contributed by atoms with van der Waals surface area (Å²) in [7, 11) is 0. The number of hydrogen-bond donors (Lipinski definition) is 1. The number of nitrogens with zero attached hydrogens (tertiary/aromatic N) is 1. The molecule has 0 aliphatic heterocycles. The molecule has 4 rings (SSSR count). The number of halogens is 1. The monoisotopic (exact) mass is 458 g/mol. The number of nitrogens with one attached hydrogen (secondary N) is 1. The summed E-state index contributed by atoms with van der Waals surface area (Å²) in [5.41, 5.74) is 3.43. The summed E-state index contributed by atoms with van der Waals surface area (Å²) in [6.45, 7) is -0.164. The van der Waals surface area contributed by atoms with Crippen molar-refractivity contribution in [1.82, 2.24) is 5.43 Å². The van der Waals surface area contributed by atoms with Gasteiger partial charge in [-0.1, -0.05) is 60.1 Å². The van der Waals surface area contributed by atoms with Gasteiger partial charge in [-0.2, -0.15) is 5.10 Å². The molecule has 0 spiro atoms. The zero-order chi connectivity index (χ0) is 23.0. The topological polar surface area (TPSA) is 77.0 Å². The highest BCUT2D eigenvalue weighted by Gasteiger charge is 2.12. The lowest BCUT2D eigenvalue weighted by Gasteiger charge is -2.08. The van der Waals surface area contributed by atoms with Gasteiger partial charge in [0.2, 0.25) is 0 Å². The molecule has 0 saturated carbocycles. The zero-order valence-electron chi connectivity index (χ0n) is 17.4. The minimum atomic E-state index is -0.541. The molecule has 6 nitrogen and oxygen atoms in total. The van der Waals surface area contributed by atoms with Crippen molar-refractivity contribution in [2.75, 3.05) is 6.61 Å². The number of hydrazone groups is 1. The van der Waals surface area contributed by atoms with Crippen LogP contribution in [-0.4, -0.2) is 24.7 Å². The largest absolute Gasteiger partial charge is 0.483 e. The number of ether oxygens (including phenoxy) is 2. The number of carbonyl (C=O) groups is 2. The van der Waals surface area contributed by atoms with Gasteiger partial charge in [0.05, 0.1) is 16.8 Å². The summed E-state index contributed by atoms with van der Waals surface area (Å²) in [5.74, 6) is 0.0729. The van der Waals surface area contributed by atoms with Crippen LogP contribution in [0.1, 0.15) is 15.9 Å². The van der Waals surface area contributed by atoms with Crippen molar-refractivity contribution in [3.63, 3.8) is 0 Å². The van der Waals surface area contributed by atoms with Crippen molar-refractivity contribution in [3.8, 4) is 11.5 Å². The lowest BCUT2D eigenvalue weighted by molar-refractivity contribution is -0.123. The molecule has 0 aliphatic rings. The van der Waals surface area contributed by atoms with Crippen molar-refractivity contribution in [2.45, 2.75) is 0 Å². The minimum absolute atomic E-state index is 0.164. The minimum Gasteiger partial charge on any atom is -0.483 e. The van der Waals surface area contributed by atoms with Gasteiger partial charge in [0.25, 0.3) is 5.91 Å². The highest BCUT2D eigenvalue weighted by Crippen LogP contribution is 2.25. The van der Waals surface area contributed by atoms with Gasteiger partial charge >= 0.3 is 5.97 Å². The molecule has 4 aromatic rings. The lowest BCUT2D eigenvalue weighted by atomic mass is 10.1. The molecule has 0 bridgehead atoms. The number of fused-ring (bicyclic) bond motifs is 1. The molecular weight excluding hydrogens is 440 g/mol. The van der Waals surface area contributed by atoms with E-state index in [4.69, 9.17) is 21.1 Å². The van der Waals surface area contributed by atoms with Gasteiger partial charge in [-0.15, -0.1) is 0 Å². The molecule has 7 heteroatoms. The number of rotatable bonds is 7. The van der Waals surface area contributed by atoms with E-state index in [0.717, 1.165) is 10.8 Å². The third-order valence-electron chi connectivity index (χ3n) is 4.70. The van der Waals surface area contributed by atoms with Gasteiger partial charge in [-0.3, -0.25) is 4.79 Å². The summed E-state index contributed by atoms with van der Waals surface area (Å²) >= 11 is 6.01. The third kappa shape index (κ3) is 5.75. The van der Waals surface area contributed by atoms with E-state index in [1.807, 2.05) is 42.5 Å². The van der Waals surface area contributed by atoms with E-state index < -0.39 is 5.97 Å². The first-order chi connectivity index (χ1) is 16.1. The average Bonchev–Trinajstić information content (AvgIpc) is 2.84. The molecule has 1 N–H and O–H groups in total. The molecule has 33 heavy (non-hydrogen) atoms. The number of amides is 1. The summed E-state index contributed by atoms with van der Waals surface area (Å²) < 4.78 is 11.0. The third-order valence-corrected chi connectivity index (χ3v) is 5.03. The number of esters is 1. The number of hydrogen-bond acceptors (Lipinski definition) is 5. The smallest absolute Gasteiger partial charge is 0.345 e. The van der Waals surface area contributed by atoms with Crippen LogP contribution in [0.5, 0.6) is 11.5 Å². The van der Waals surface area contributed by atoms with Crippen molar-refractivity contribution >= 4 is 40.5 Å². The molecule has 0 fully saturated rings. The van der Waals surface area contributed by atoms with Gasteiger partial charge < -0.3 is 9.47 Å². The van der Waals surface area contributed by atoms with E-state index in [9.17, 15) is 9.59 Å². The van der Waals surface area contributed by atoms with Crippen LogP contribution in [0.3, 0.4) is 0 Å². The molecular formula is C26H19ClN2O4. The number of carbonyl (C=O) groups excluding carboxylic acids is 2. The molecule has 4 aromatic carbocycles. The van der Waals surface area contributed by atoms with Crippen LogP contribution in [0, 0.1) is 0 Å². The Hall–Kier alpha value is -4.16. The van der Waals surface area contributed by atoms with E-state index in [-0.39, 0.29) is 12.5 Å². The Morgan fingerprint density at radius 3 is 2.42 bits per heavy atom. The quantitative estimate of drug-likeness (QED) is 0.178. The highest BCUT2D eigenvalue weighted by molar-refractivity contribution is 6.33. The van der Waals surface area contributed by atoms with Gasteiger partial charge in [-0.05, 0) is 53.4 Å². The Morgan fingerprint density at radius 1 is 0.879 bits per heavy atom. The van der Waals surface area contributed by atoms with E-state index in [1.54, 1.807) is 48.5 Å². The maximum absolute atomic E-state index is 12.2. The summed E-state index contributed by atoms with van der Waals surface area (Å²) in [5, 5.41) is 6.23. The van der Waals surface area contributed by atoms with Gasteiger partial charge in [0, 0.05) is 5.39 Å². The predicted octanol–water partition coefficient (Wildman–Crippen LogP) is 5.24. The van der Waals surface area contributed by atoms with Crippen molar-refractivity contribution in [3.05, 3.63) is 107 Å². The molecule has 0 saturated heterocycles. The van der Waals surface area contributed by atoms with Gasteiger partial charge in [0.1, 0.15) is 11.5 Å². The Balaban J connectivity index is 1.28. The molecule has 1 amide bonds. The van der Waals surface area contributed by atoms with Crippen LogP contribution < -0.4 is 14.9 Å². The van der Waals surface area contributed by atoms with Crippen LogP contribution in [0.2, 0.25) is 5.02 Å². The Morgan fingerprint density at radius 2 is 1.61 bits per heavy atom. The van der Waals surface area contributed by atoms with E-state index >= 15 is 0 Å². The van der Waals surface area contributed by atoms with Gasteiger partial charge in [0.15, 0.2) is 6.61 Å². The fraction of sp³-hybridized carbons (Fsp3) is 0.0385. The first kappa shape index (κ1) is 22.0. The molecule has 0 atom stereocenters. The maximum atomic E-state index is 12.2. The molecule has 0 aliphatic carbocycles. The molecule has 0 heterocycles. The van der Waals surface area contributed by atoms with Crippen molar-refractivity contribution < 1.29 is 19.1 Å². The molecule has 0 radical (unpaired) electrons. The highest BCUT2D eigenvalue weighted by atomic mass is 35.5. The van der Waals surface area contributed by atoms with E-state index in [1.165, 1.54) is 6.21 Å². The standard InChI is InChI=1S/C26H19ClN2O4/c27-23-10-4-3-9-22(23)26(31)33-20-14-12-18(13-15-20)16-28-29-25(30)17-32-24-11-5-7-19-6-1-2-8-21(19)24/h1-16H,17H2,(H,29,30)/b28-16+. The van der Waals surface area contributed by atoms with Crippen LogP contribution in [0.15, 0.2) is 96.1 Å². The summed E-state index contributed by atoms with van der Waals surface area (Å²) in [6, 6.07) is 26.8. The van der Waals surface area contributed by atoms with E-state index in [0.29, 0.717) is 27.6 Å². The van der Waals surface area contributed by atoms with Crippen molar-refractivity contribution in [2.24, 2.45) is 5.10 Å². The molecule has 0 aromatic heterocycles. The predicted molar refractivity (Wildman–Crippen MR) is 128 cm³/mol. The maximum Gasteiger partial charge on any atom is 0.345 e. The second-order valence-corrected chi connectivity index (χ2v) is 7.40. The first-order valence-electron chi connectivity index (χ1n) is 10.1. The normalized spacial score (nSPS) is 10.8. The van der Waals surface area contributed by atoms with Crippen LogP contribution in [-0.2, 0) is 4.79 Å². The summed E-state index contributed by atoms with van der Waals surface area (Å²) in [4.78, 5) is 24.3. The first-order valence-corrected chi connectivity index (χ1v) is 10.5. The molecule has 164 valence electrons. The lowest BCUT2D eigenvalue weighted by Crippen LogP contribution is -2.24. The Bertz CT molecular complexity index is 1310. The van der Waals surface area contributed by atoms with Crippen LogP contribution in [0.4, 0.5) is 0 Å². The fourth-order valence-electron chi connectivity index (χ4n) is 3.09. The van der Waals surface area contributed by atoms with Crippen LogP contribution in [0.25, 0.3) is 10.8 Å². The number of benzene rings is 4. The van der Waals surface area contributed by atoms with Crippen molar-refractivity contribution in [1.29, 1.82) is 0 Å². The molecule has 0 unspecified atom stereocenters. The average molecular weight is 459 g/mol.